The Morgan fingerprint density at radius 1 is 1.80 bits per heavy atom. The fraction of sp³-hybridized carbons (Fsp3) is 0.333. The fourth-order valence-electron chi connectivity index (χ4n) is 1.08. The Kier molecular flexibility index (Phi) is 1.35. The molecule has 2 aliphatic heterocycles. The van der Waals surface area contributed by atoms with Gasteiger partial charge in [-0.2, -0.15) is 0 Å². The molecule has 0 fully saturated rings. The molecule has 10 heavy (non-hydrogen) atoms. The summed E-state index contributed by atoms with van der Waals surface area (Å²) in [5.41, 5.74) is 0. The molecular formula is C6H5ClN2S. The van der Waals surface area contributed by atoms with E-state index in [1.807, 2.05) is 6.08 Å². The quantitative estimate of drug-likeness (QED) is 0.598. The van der Waals surface area contributed by atoms with Gasteiger partial charge in [0.1, 0.15) is 5.84 Å². The number of hydrogen-bond acceptors (Lipinski definition) is 2. The van der Waals surface area contributed by atoms with Gasteiger partial charge in [0, 0.05) is 12.3 Å². The van der Waals surface area contributed by atoms with Gasteiger partial charge in [-0.15, -0.1) is 0 Å². The molecule has 1 atom stereocenters. The van der Waals surface area contributed by atoms with Gasteiger partial charge in [0.2, 0.25) is 0 Å². The molecule has 4 heteroatoms. The van der Waals surface area contributed by atoms with Crippen LogP contribution < -0.4 is 0 Å². The highest BCUT2D eigenvalue weighted by molar-refractivity contribution is 8.18. The molecular weight excluding hydrogens is 168 g/mol. The maximum Gasteiger partial charge on any atom is 0.122 e. The van der Waals surface area contributed by atoms with Crippen molar-refractivity contribution < 1.29 is 0 Å². The van der Waals surface area contributed by atoms with Crippen molar-refractivity contribution in [1.82, 2.24) is 0 Å². The normalized spacial score (nSPS) is 30.1. The largest absolute Gasteiger partial charge is 0.287 e. The van der Waals surface area contributed by atoms with E-state index in [-0.39, 0.29) is 0 Å². The third kappa shape index (κ3) is 0.896. The predicted octanol–water partition coefficient (Wildman–Crippen LogP) is 2.21. The zero-order valence-electron chi connectivity index (χ0n) is 5.10. The Labute approximate surface area is 67.9 Å². The van der Waals surface area contributed by atoms with Gasteiger partial charge in [0.05, 0.1) is 9.41 Å². The van der Waals surface area contributed by atoms with Gasteiger partial charge in [0.15, 0.2) is 0 Å². The van der Waals surface area contributed by atoms with Gasteiger partial charge >= 0.3 is 0 Å². The highest BCUT2D eigenvalue weighted by atomic mass is 35.5. The highest BCUT2D eigenvalue weighted by Gasteiger charge is 2.29. The van der Waals surface area contributed by atoms with Gasteiger partial charge in [-0.3, -0.25) is 5.41 Å². The van der Waals surface area contributed by atoms with Crippen LogP contribution in [-0.2, 0) is 0 Å². The smallest absolute Gasteiger partial charge is 0.122 e. The summed E-state index contributed by atoms with van der Waals surface area (Å²) in [5.74, 6) is 0.804. The van der Waals surface area contributed by atoms with Crippen LogP contribution >= 0.6 is 23.4 Å². The molecule has 2 heterocycles. The average molecular weight is 173 g/mol. The van der Waals surface area contributed by atoms with Crippen LogP contribution in [0.15, 0.2) is 15.4 Å². The number of allylic oxidation sites excluding steroid dienone is 1. The van der Waals surface area contributed by atoms with E-state index in [0.29, 0.717) is 11.8 Å². The fourth-order valence-corrected chi connectivity index (χ4v) is 2.36. The van der Waals surface area contributed by atoms with Crippen LogP contribution in [0.3, 0.4) is 0 Å². The molecule has 0 aromatic rings. The maximum absolute atomic E-state index is 7.24. The van der Waals surface area contributed by atoms with Crippen molar-refractivity contribution in [3.05, 3.63) is 10.4 Å². The molecule has 0 bridgehead atoms. The van der Waals surface area contributed by atoms with Crippen molar-refractivity contribution in [3.63, 3.8) is 0 Å². The number of thioether (sulfide) groups is 1. The Balaban J connectivity index is 2.29. The summed E-state index contributed by atoms with van der Waals surface area (Å²) in [6.07, 6.45) is 2.70. The predicted molar refractivity (Wildman–Crippen MR) is 44.8 cm³/mol. The summed E-state index contributed by atoms with van der Waals surface area (Å²) >= 11 is 7.21. The van der Waals surface area contributed by atoms with Crippen molar-refractivity contribution >= 4 is 34.2 Å². The maximum atomic E-state index is 7.24. The number of rotatable bonds is 0. The van der Waals surface area contributed by atoms with Crippen molar-refractivity contribution in [2.45, 2.75) is 6.42 Å². The van der Waals surface area contributed by atoms with Crippen molar-refractivity contribution in [3.8, 4) is 0 Å². The first-order valence-corrected chi connectivity index (χ1v) is 4.16. The van der Waals surface area contributed by atoms with Crippen molar-refractivity contribution in [2.24, 2.45) is 10.9 Å². The molecule has 0 amide bonds. The lowest BCUT2D eigenvalue weighted by atomic mass is 10.1. The van der Waals surface area contributed by atoms with E-state index in [9.17, 15) is 0 Å². The molecule has 0 aromatic heterocycles. The standard InChI is InChI=1S/C6H5ClN2S/c7-4-1-3-2-5(8)9-6(3)10-4/h1,3,8H,2H2. The molecule has 2 rings (SSSR count). The SMILES string of the molecule is N=C1CC2C=C(Cl)SC2=N1. The first-order valence-electron chi connectivity index (χ1n) is 2.97. The molecule has 2 aliphatic rings. The molecule has 0 saturated heterocycles. The summed E-state index contributed by atoms with van der Waals surface area (Å²) in [4.78, 5) is 4.03. The molecule has 1 unspecified atom stereocenters. The Morgan fingerprint density at radius 2 is 2.60 bits per heavy atom. The molecule has 0 aliphatic carbocycles. The van der Waals surface area contributed by atoms with E-state index in [4.69, 9.17) is 17.0 Å². The molecule has 1 N–H and O–H groups in total. The second-order valence-corrected chi connectivity index (χ2v) is 3.97. The van der Waals surface area contributed by atoms with Crippen LogP contribution in [0.1, 0.15) is 6.42 Å². The third-order valence-electron chi connectivity index (χ3n) is 1.51. The van der Waals surface area contributed by atoms with Crippen LogP contribution in [0.4, 0.5) is 0 Å². The van der Waals surface area contributed by atoms with Crippen LogP contribution in [0.5, 0.6) is 0 Å². The number of hydrogen-bond donors (Lipinski definition) is 1. The number of nitrogens with one attached hydrogen (secondary N) is 1. The Bertz CT molecular complexity index is 256. The molecule has 0 saturated carbocycles. The number of nitrogens with zero attached hydrogens (tertiary/aromatic N) is 1. The number of amidine groups is 1. The summed E-state index contributed by atoms with van der Waals surface area (Å²) in [6, 6.07) is 0. The van der Waals surface area contributed by atoms with Crippen LogP contribution in [0, 0.1) is 11.3 Å². The highest BCUT2D eigenvalue weighted by Crippen LogP contribution is 2.39. The van der Waals surface area contributed by atoms with Crippen LogP contribution in [-0.4, -0.2) is 10.9 Å². The first kappa shape index (κ1) is 6.43. The topological polar surface area (TPSA) is 36.2 Å². The number of aliphatic imine (C=N–C) groups is 1. The summed E-state index contributed by atoms with van der Waals surface area (Å²) in [6.45, 7) is 0. The summed E-state index contributed by atoms with van der Waals surface area (Å²) < 4.78 is 0.802. The monoisotopic (exact) mass is 172 g/mol. The Morgan fingerprint density at radius 3 is 3.30 bits per heavy atom. The number of halogens is 1. The minimum absolute atomic E-state index is 0.324. The van der Waals surface area contributed by atoms with Crippen LogP contribution in [0.25, 0.3) is 0 Å². The molecule has 0 spiro atoms. The lowest BCUT2D eigenvalue weighted by Gasteiger charge is -1.92. The van der Waals surface area contributed by atoms with Gasteiger partial charge in [-0.25, -0.2) is 4.99 Å². The Hall–Kier alpha value is -0.280. The lowest BCUT2D eigenvalue weighted by Crippen LogP contribution is -1.96. The first-order chi connectivity index (χ1) is 4.75. The molecule has 52 valence electrons. The average Bonchev–Trinajstić information content (AvgIpc) is 2.21. The van der Waals surface area contributed by atoms with Crippen LogP contribution in [0.2, 0.25) is 0 Å². The van der Waals surface area contributed by atoms with Gasteiger partial charge in [0.25, 0.3) is 0 Å². The van der Waals surface area contributed by atoms with E-state index >= 15 is 0 Å². The van der Waals surface area contributed by atoms with E-state index < -0.39 is 0 Å². The minimum atomic E-state index is 0.324. The van der Waals surface area contributed by atoms with Gasteiger partial charge in [-0.1, -0.05) is 23.4 Å². The summed E-state index contributed by atoms with van der Waals surface area (Å²) in [5, 5.41) is 8.23. The van der Waals surface area contributed by atoms with E-state index in [2.05, 4.69) is 4.99 Å². The minimum Gasteiger partial charge on any atom is -0.287 e. The second-order valence-electron chi connectivity index (χ2n) is 2.28. The summed E-state index contributed by atoms with van der Waals surface area (Å²) in [7, 11) is 0. The van der Waals surface area contributed by atoms with Crippen molar-refractivity contribution in [2.75, 3.05) is 0 Å². The number of fused-ring (bicyclic) bond motifs is 1. The second kappa shape index (κ2) is 2.10. The zero-order chi connectivity index (χ0) is 7.14. The van der Waals surface area contributed by atoms with Gasteiger partial charge < -0.3 is 0 Å². The lowest BCUT2D eigenvalue weighted by molar-refractivity contribution is 0.958. The zero-order valence-corrected chi connectivity index (χ0v) is 6.67. The van der Waals surface area contributed by atoms with E-state index in [1.165, 1.54) is 11.8 Å². The van der Waals surface area contributed by atoms with E-state index in [1.54, 1.807) is 0 Å². The molecule has 0 radical (unpaired) electrons. The molecule has 2 nitrogen and oxygen atoms in total. The van der Waals surface area contributed by atoms with E-state index in [0.717, 1.165) is 15.8 Å². The molecule has 0 aromatic carbocycles. The van der Waals surface area contributed by atoms with Gasteiger partial charge in [-0.05, 0) is 6.08 Å². The van der Waals surface area contributed by atoms with Crippen molar-refractivity contribution in [1.29, 1.82) is 5.41 Å². The third-order valence-corrected chi connectivity index (χ3v) is 2.80.